The van der Waals surface area contributed by atoms with E-state index in [1.54, 1.807) is 31.2 Å². The number of aromatic nitrogens is 4. The van der Waals surface area contributed by atoms with E-state index >= 15 is 0 Å². The molecule has 0 saturated heterocycles. The molecule has 0 aliphatic carbocycles. The zero-order valence-electron chi connectivity index (χ0n) is 13.7. The minimum absolute atomic E-state index is 0.108. The molecule has 0 radical (unpaired) electrons. The van der Waals surface area contributed by atoms with Crippen molar-refractivity contribution in [2.45, 2.75) is 26.1 Å². The summed E-state index contributed by atoms with van der Waals surface area (Å²) in [5.74, 6) is -0.926. The van der Waals surface area contributed by atoms with Crippen LogP contribution in [0.1, 0.15) is 23.0 Å². The zero-order chi connectivity index (χ0) is 19.1. The van der Waals surface area contributed by atoms with Gasteiger partial charge in [-0.15, -0.1) is 0 Å². The normalized spacial score (nSPS) is 13.0. The Morgan fingerprint density at radius 1 is 1.31 bits per heavy atom. The Morgan fingerprint density at radius 3 is 2.69 bits per heavy atom. The van der Waals surface area contributed by atoms with E-state index < -0.39 is 18.1 Å². The quantitative estimate of drug-likeness (QED) is 0.703. The van der Waals surface area contributed by atoms with Gasteiger partial charge in [0.05, 0.1) is 11.9 Å². The molecule has 1 amide bonds. The molecule has 1 atom stereocenters. The molecule has 10 heteroatoms. The molecule has 0 aliphatic rings. The predicted octanol–water partition coefficient (Wildman–Crippen LogP) is 3.43. The van der Waals surface area contributed by atoms with E-state index in [2.05, 4.69) is 15.1 Å². The summed E-state index contributed by atoms with van der Waals surface area (Å²) in [6, 6.07) is 4.69. The standard InChI is InChI=1S/C16H13ClF3N5O/c1-8-6-11(10-4-3-5-13(17)23-10)24-25-12(7-21-14(8)25)15(26)22-9(2)16(18,19)20/h3-7,9H,1-2H3,(H,22,26). The molecule has 136 valence electrons. The van der Waals surface area contributed by atoms with Gasteiger partial charge in [0, 0.05) is 0 Å². The first-order valence-corrected chi connectivity index (χ1v) is 7.90. The third-order valence-corrected chi connectivity index (χ3v) is 3.91. The SMILES string of the molecule is Cc1cc(-c2cccc(Cl)n2)nn2c(C(=O)NC(C)C(F)(F)F)cnc12. The molecule has 0 aromatic carbocycles. The van der Waals surface area contributed by atoms with E-state index in [0.717, 1.165) is 6.92 Å². The number of nitrogens with zero attached hydrogens (tertiary/aromatic N) is 4. The molecule has 3 rings (SSSR count). The Bertz CT molecular complexity index is 986. The lowest BCUT2D eigenvalue weighted by Crippen LogP contribution is -2.43. The summed E-state index contributed by atoms with van der Waals surface area (Å²) in [5, 5.41) is 6.46. The van der Waals surface area contributed by atoms with Gasteiger partial charge in [-0.05, 0) is 37.6 Å². The Hall–Kier alpha value is -2.68. The molecule has 3 aromatic rings. The monoisotopic (exact) mass is 383 g/mol. The minimum Gasteiger partial charge on any atom is -0.339 e. The number of halogens is 4. The molecule has 0 bridgehead atoms. The second-order valence-electron chi connectivity index (χ2n) is 5.67. The van der Waals surface area contributed by atoms with Gasteiger partial charge in [-0.2, -0.15) is 18.3 Å². The van der Waals surface area contributed by atoms with E-state index in [4.69, 9.17) is 11.6 Å². The molecule has 3 aromatic heterocycles. The first-order valence-electron chi connectivity index (χ1n) is 7.52. The van der Waals surface area contributed by atoms with E-state index in [1.165, 1.54) is 10.7 Å². The lowest BCUT2D eigenvalue weighted by Gasteiger charge is -2.16. The maximum atomic E-state index is 12.7. The number of amides is 1. The van der Waals surface area contributed by atoms with Crippen LogP contribution in [0.4, 0.5) is 13.2 Å². The highest BCUT2D eigenvalue weighted by atomic mass is 35.5. The first kappa shape index (κ1) is 18.1. The molecular weight excluding hydrogens is 371 g/mol. The average Bonchev–Trinajstić information content (AvgIpc) is 2.98. The maximum absolute atomic E-state index is 12.7. The second kappa shape index (κ2) is 6.56. The number of hydrogen-bond acceptors (Lipinski definition) is 4. The Labute approximate surface area is 151 Å². The van der Waals surface area contributed by atoms with Gasteiger partial charge in [0.25, 0.3) is 5.91 Å². The molecule has 0 aliphatic heterocycles. The fourth-order valence-corrected chi connectivity index (χ4v) is 2.47. The first-order chi connectivity index (χ1) is 12.2. The summed E-state index contributed by atoms with van der Waals surface area (Å²) in [4.78, 5) is 20.5. The number of rotatable bonds is 3. The van der Waals surface area contributed by atoms with Crippen molar-refractivity contribution in [1.82, 2.24) is 24.9 Å². The molecule has 3 heterocycles. The number of hydrogen-bond donors (Lipinski definition) is 1. The summed E-state index contributed by atoms with van der Waals surface area (Å²) in [6.45, 7) is 2.61. The van der Waals surface area contributed by atoms with Gasteiger partial charge in [0.2, 0.25) is 0 Å². The van der Waals surface area contributed by atoms with Crippen LogP contribution in [0.5, 0.6) is 0 Å². The summed E-state index contributed by atoms with van der Waals surface area (Å²) >= 11 is 5.88. The van der Waals surface area contributed by atoms with Crippen LogP contribution < -0.4 is 5.32 Å². The highest BCUT2D eigenvalue weighted by Crippen LogP contribution is 2.22. The van der Waals surface area contributed by atoms with Gasteiger partial charge >= 0.3 is 6.18 Å². The van der Waals surface area contributed by atoms with Crippen molar-refractivity contribution in [2.75, 3.05) is 0 Å². The third kappa shape index (κ3) is 3.48. The fraction of sp³-hybridized carbons (Fsp3) is 0.250. The van der Waals surface area contributed by atoms with Crippen molar-refractivity contribution in [3.8, 4) is 11.4 Å². The van der Waals surface area contributed by atoms with E-state index in [0.29, 0.717) is 22.6 Å². The number of alkyl halides is 3. The predicted molar refractivity (Wildman–Crippen MR) is 88.9 cm³/mol. The highest BCUT2D eigenvalue weighted by Gasteiger charge is 2.37. The number of fused-ring (bicyclic) bond motifs is 1. The van der Waals surface area contributed by atoms with Crippen molar-refractivity contribution in [3.63, 3.8) is 0 Å². The van der Waals surface area contributed by atoms with Gasteiger partial charge in [-0.25, -0.2) is 14.5 Å². The second-order valence-corrected chi connectivity index (χ2v) is 6.06. The van der Waals surface area contributed by atoms with Gasteiger partial charge < -0.3 is 5.32 Å². The van der Waals surface area contributed by atoms with Crippen molar-refractivity contribution >= 4 is 23.2 Å². The number of carbonyl (C=O) groups excluding carboxylic acids is 1. The van der Waals surface area contributed by atoms with Crippen LogP contribution in [0.25, 0.3) is 17.0 Å². The van der Waals surface area contributed by atoms with Crippen molar-refractivity contribution < 1.29 is 18.0 Å². The maximum Gasteiger partial charge on any atom is 0.408 e. The van der Waals surface area contributed by atoms with Crippen LogP contribution in [0.3, 0.4) is 0 Å². The van der Waals surface area contributed by atoms with Crippen molar-refractivity contribution in [3.05, 3.63) is 46.9 Å². The summed E-state index contributed by atoms with van der Waals surface area (Å²) in [7, 11) is 0. The van der Waals surface area contributed by atoms with Crippen LogP contribution in [0, 0.1) is 6.92 Å². The summed E-state index contributed by atoms with van der Waals surface area (Å²) in [6.07, 6.45) is -3.36. The van der Waals surface area contributed by atoms with Crippen molar-refractivity contribution in [2.24, 2.45) is 0 Å². The molecule has 0 spiro atoms. The van der Waals surface area contributed by atoms with E-state index in [9.17, 15) is 18.0 Å². The van der Waals surface area contributed by atoms with E-state index in [1.807, 2.05) is 5.32 Å². The molecule has 26 heavy (non-hydrogen) atoms. The number of carbonyl (C=O) groups is 1. The smallest absolute Gasteiger partial charge is 0.339 e. The van der Waals surface area contributed by atoms with Crippen LogP contribution in [-0.4, -0.2) is 37.7 Å². The lowest BCUT2D eigenvalue weighted by molar-refractivity contribution is -0.149. The largest absolute Gasteiger partial charge is 0.408 e. The van der Waals surface area contributed by atoms with Crippen LogP contribution in [0.15, 0.2) is 30.5 Å². The molecule has 1 unspecified atom stereocenters. The van der Waals surface area contributed by atoms with Gasteiger partial charge in [-0.1, -0.05) is 17.7 Å². The highest BCUT2D eigenvalue weighted by molar-refractivity contribution is 6.29. The third-order valence-electron chi connectivity index (χ3n) is 3.70. The number of aryl methyl sites for hydroxylation is 1. The molecule has 0 fully saturated rings. The Morgan fingerprint density at radius 2 is 2.04 bits per heavy atom. The minimum atomic E-state index is -4.55. The van der Waals surface area contributed by atoms with Gasteiger partial charge in [0.15, 0.2) is 11.3 Å². The molecular formula is C16H13ClF3N5O. The average molecular weight is 384 g/mol. The number of nitrogens with one attached hydrogen (secondary N) is 1. The van der Waals surface area contributed by atoms with Gasteiger partial charge in [0.1, 0.15) is 16.9 Å². The Kier molecular flexibility index (Phi) is 4.57. The fourth-order valence-electron chi connectivity index (χ4n) is 2.31. The summed E-state index contributed by atoms with van der Waals surface area (Å²) in [5.41, 5.74) is 1.81. The number of pyridine rings is 1. The lowest BCUT2D eigenvalue weighted by atomic mass is 10.2. The van der Waals surface area contributed by atoms with Crippen molar-refractivity contribution in [1.29, 1.82) is 0 Å². The topological polar surface area (TPSA) is 72.2 Å². The molecule has 6 nitrogen and oxygen atoms in total. The van der Waals surface area contributed by atoms with E-state index in [-0.39, 0.29) is 10.8 Å². The molecule has 0 saturated carbocycles. The Balaban J connectivity index is 2.04. The number of imidazole rings is 1. The zero-order valence-corrected chi connectivity index (χ0v) is 14.4. The molecule has 1 N–H and O–H groups in total. The van der Waals surface area contributed by atoms with Crippen LogP contribution in [0.2, 0.25) is 5.15 Å². The summed E-state index contributed by atoms with van der Waals surface area (Å²) < 4.78 is 39.2. The van der Waals surface area contributed by atoms with Crippen LogP contribution in [-0.2, 0) is 0 Å². The van der Waals surface area contributed by atoms with Crippen LogP contribution >= 0.6 is 11.6 Å². The van der Waals surface area contributed by atoms with Gasteiger partial charge in [-0.3, -0.25) is 4.79 Å².